The van der Waals surface area contributed by atoms with E-state index in [0.717, 1.165) is 5.56 Å². The molecular weight excluding hydrogens is 210 g/mol. The number of benzene rings is 1. The minimum absolute atomic E-state index is 0.341. The van der Waals surface area contributed by atoms with Crippen LogP contribution >= 0.6 is 12.2 Å². The Labute approximate surface area is 93.8 Å². The van der Waals surface area contributed by atoms with Crippen LogP contribution in [0.1, 0.15) is 22.8 Å². The normalized spacial score (nSPS) is 9.20. The van der Waals surface area contributed by atoms with E-state index in [1.54, 1.807) is 19.1 Å². The summed E-state index contributed by atoms with van der Waals surface area (Å²) in [6.45, 7) is 4.00. The number of thiocarbonyl (C=S) groups is 1. The van der Waals surface area contributed by atoms with Gasteiger partial charge >= 0.3 is 5.97 Å². The van der Waals surface area contributed by atoms with Gasteiger partial charge in [-0.1, -0.05) is 11.6 Å². The monoisotopic (exact) mass is 221 g/mol. The first kappa shape index (κ1) is 11.6. The molecule has 0 spiro atoms. The fourth-order valence-electron chi connectivity index (χ4n) is 1.17. The van der Waals surface area contributed by atoms with Gasteiger partial charge in [0.15, 0.2) is 0 Å². The number of ether oxygens (including phenoxy) is 1. The number of aliphatic imine (C=N–C) groups is 1. The van der Waals surface area contributed by atoms with E-state index in [1.165, 1.54) is 0 Å². The zero-order valence-corrected chi connectivity index (χ0v) is 9.43. The minimum atomic E-state index is -0.384. The first-order valence-corrected chi connectivity index (χ1v) is 4.95. The van der Waals surface area contributed by atoms with E-state index in [2.05, 4.69) is 22.4 Å². The maximum absolute atomic E-state index is 11.5. The standard InChI is InChI=1S/C11H11NO2S/c1-3-14-11(13)9-6-8(2)4-5-10(9)12-7-15/h4-6H,3H2,1-2H3. The van der Waals surface area contributed by atoms with Crippen molar-refractivity contribution in [1.82, 2.24) is 0 Å². The summed E-state index contributed by atoms with van der Waals surface area (Å²) in [6, 6.07) is 5.30. The maximum Gasteiger partial charge on any atom is 0.340 e. The van der Waals surface area contributed by atoms with Crippen LogP contribution in [0.5, 0.6) is 0 Å². The van der Waals surface area contributed by atoms with Crippen molar-refractivity contribution in [3.63, 3.8) is 0 Å². The number of esters is 1. The molecule has 0 unspecified atom stereocenters. The predicted molar refractivity (Wildman–Crippen MR) is 61.8 cm³/mol. The van der Waals surface area contributed by atoms with E-state index in [4.69, 9.17) is 4.74 Å². The summed E-state index contributed by atoms with van der Waals surface area (Å²) < 4.78 is 4.91. The molecule has 1 aromatic rings. The van der Waals surface area contributed by atoms with Crippen LogP contribution < -0.4 is 0 Å². The van der Waals surface area contributed by atoms with Crippen molar-refractivity contribution >= 4 is 29.0 Å². The Hall–Kier alpha value is -1.51. The van der Waals surface area contributed by atoms with Crippen LogP contribution in [-0.4, -0.2) is 17.7 Å². The highest BCUT2D eigenvalue weighted by atomic mass is 32.1. The van der Waals surface area contributed by atoms with Crippen molar-refractivity contribution in [3.8, 4) is 0 Å². The molecule has 0 bridgehead atoms. The Balaban J connectivity index is 3.17. The molecule has 0 aliphatic rings. The number of carbonyl (C=O) groups is 1. The van der Waals surface area contributed by atoms with Gasteiger partial charge in [-0.25, -0.2) is 4.79 Å². The fraction of sp³-hybridized carbons (Fsp3) is 0.273. The number of aryl methyl sites for hydroxylation is 1. The second kappa shape index (κ2) is 5.39. The van der Waals surface area contributed by atoms with Crippen LogP contribution in [0.3, 0.4) is 0 Å². The minimum Gasteiger partial charge on any atom is -0.462 e. The van der Waals surface area contributed by atoms with Crippen LogP contribution in [0.15, 0.2) is 23.2 Å². The molecule has 0 N–H and O–H groups in total. The van der Waals surface area contributed by atoms with Crippen molar-refractivity contribution in [2.24, 2.45) is 4.99 Å². The van der Waals surface area contributed by atoms with Crippen molar-refractivity contribution in [3.05, 3.63) is 29.3 Å². The van der Waals surface area contributed by atoms with E-state index in [-0.39, 0.29) is 5.97 Å². The highest BCUT2D eigenvalue weighted by Gasteiger charge is 2.11. The molecule has 0 heterocycles. The molecule has 0 aromatic heterocycles. The summed E-state index contributed by atoms with van der Waals surface area (Å²) in [6.07, 6.45) is 0. The Bertz CT molecular complexity index is 423. The summed E-state index contributed by atoms with van der Waals surface area (Å²) in [7, 11) is 0. The van der Waals surface area contributed by atoms with Crippen LogP contribution in [0, 0.1) is 6.92 Å². The second-order valence-electron chi connectivity index (χ2n) is 2.94. The van der Waals surface area contributed by atoms with Gasteiger partial charge in [0.05, 0.1) is 23.0 Å². The lowest BCUT2D eigenvalue weighted by molar-refractivity contribution is 0.0527. The fourth-order valence-corrected chi connectivity index (χ4v) is 1.27. The molecule has 0 aliphatic carbocycles. The molecule has 0 fully saturated rings. The molecule has 1 rings (SSSR count). The third-order valence-electron chi connectivity index (χ3n) is 1.81. The number of rotatable bonds is 3. The topological polar surface area (TPSA) is 38.7 Å². The van der Waals surface area contributed by atoms with Crippen molar-refractivity contribution < 1.29 is 9.53 Å². The van der Waals surface area contributed by atoms with Gasteiger partial charge in [-0.2, -0.15) is 4.99 Å². The molecule has 0 radical (unpaired) electrons. The van der Waals surface area contributed by atoms with Gasteiger partial charge in [0, 0.05) is 0 Å². The maximum atomic E-state index is 11.5. The molecular formula is C11H11NO2S. The van der Waals surface area contributed by atoms with Crippen molar-refractivity contribution in [2.45, 2.75) is 13.8 Å². The highest BCUT2D eigenvalue weighted by Crippen LogP contribution is 2.20. The largest absolute Gasteiger partial charge is 0.462 e. The van der Waals surface area contributed by atoms with Gasteiger partial charge in [0.25, 0.3) is 0 Å². The van der Waals surface area contributed by atoms with E-state index in [9.17, 15) is 4.79 Å². The van der Waals surface area contributed by atoms with Crippen molar-refractivity contribution in [2.75, 3.05) is 6.61 Å². The molecule has 15 heavy (non-hydrogen) atoms. The molecule has 0 amide bonds. The number of carbonyl (C=O) groups excluding carboxylic acids is 1. The van der Waals surface area contributed by atoms with Crippen molar-refractivity contribution in [1.29, 1.82) is 0 Å². The molecule has 0 saturated carbocycles. The highest BCUT2D eigenvalue weighted by molar-refractivity contribution is 7.78. The lowest BCUT2D eigenvalue weighted by Gasteiger charge is -2.05. The van der Waals surface area contributed by atoms with Gasteiger partial charge in [0.2, 0.25) is 0 Å². The number of hydrogen-bond donors (Lipinski definition) is 0. The first-order valence-electron chi connectivity index (χ1n) is 4.54. The first-order chi connectivity index (χ1) is 7.19. The smallest absolute Gasteiger partial charge is 0.340 e. The molecule has 78 valence electrons. The molecule has 1 aromatic carbocycles. The molecule has 0 atom stereocenters. The third-order valence-corrected chi connectivity index (χ3v) is 1.90. The van der Waals surface area contributed by atoms with Crippen LogP contribution in [0.25, 0.3) is 0 Å². The Morgan fingerprint density at radius 2 is 2.33 bits per heavy atom. The molecule has 0 saturated heterocycles. The van der Waals surface area contributed by atoms with Gasteiger partial charge in [-0.15, -0.1) is 0 Å². The number of isothiocyanates is 1. The van der Waals surface area contributed by atoms with Gasteiger partial charge in [-0.05, 0) is 38.2 Å². The van der Waals surface area contributed by atoms with Crippen LogP contribution in [0.4, 0.5) is 5.69 Å². The predicted octanol–water partition coefficient (Wildman–Crippen LogP) is 2.91. The zero-order chi connectivity index (χ0) is 11.3. The number of nitrogens with zero attached hydrogens (tertiary/aromatic N) is 1. The lowest BCUT2D eigenvalue weighted by atomic mass is 10.1. The summed E-state index contributed by atoms with van der Waals surface area (Å²) in [5, 5.41) is 2.24. The Morgan fingerprint density at radius 3 is 2.93 bits per heavy atom. The SMILES string of the molecule is CCOC(=O)c1cc(C)ccc1N=C=S. The van der Waals surface area contributed by atoms with E-state index < -0.39 is 0 Å². The summed E-state index contributed by atoms with van der Waals surface area (Å²) in [4.78, 5) is 15.4. The quantitative estimate of drug-likeness (QED) is 0.447. The lowest BCUT2D eigenvalue weighted by Crippen LogP contribution is -2.05. The third kappa shape index (κ3) is 2.98. The zero-order valence-electron chi connectivity index (χ0n) is 8.61. The second-order valence-corrected chi connectivity index (χ2v) is 3.13. The van der Waals surface area contributed by atoms with Gasteiger partial charge < -0.3 is 4.74 Å². The van der Waals surface area contributed by atoms with Gasteiger partial charge in [-0.3, -0.25) is 0 Å². The Morgan fingerprint density at radius 1 is 1.60 bits per heavy atom. The average Bonchev–Trinajstić information content (AvgIpc) is 2.21. The summed E-state index contributed by atoms with van der Waals surface area (Å²) >= 11 is 4.51. The summed E-state index contributed by atoms with van der Waals surface area (Å²) in [5.74, 6) is -0.384. The average molecular weight is 221 g/mol. The van der Waals surface area contributed by atoms with E-state index in [1.807, 2.05) is 13.0 Å². The molecule has 4 heteroatoms. The molecule has 3 nitrogen and oxygen atoms in total. The van der Waals surface area contributed by atoms with Crippen LogP contribution in [-0.2, 0) is 4.74 Å². The number of hydrogen-bond acceptors (Lipinski definition) is 4. The van der Waals surface area contributed by atoms with Crippen LogP contribution in [0.2, 0.25) is 0 Å². The van der Waals surface area contributed by atoms with E-state index in [0.29, 0.717) is 17.9 Å². The Kier molecular flexibility index (Phi) is 4.16. The molecule has 0 aliphatic heterocycles. The van der Waals surface area contributed by atoms with Gasteiger partial charge in [0.1, 0.15) is 0 Å². The summed E-state index contributed by atoms with van der Waals surface area (Å²) in [5.41, 5.74) is 1.89. The van der Waals surface area contributed by atoms with E-state index >= 15 is 0 Å².